The zero-order valence-electron chi connectivity index (χ0n) is 9.33. The third-order valence-electron chi connectivity index (χ3n) is 3.07. The summed E-state index contributed by atoms with van der Waals surface area (Å²) in [5.41, 5.74) is 5.99. The summed E-state index contributed by atoms with van der Waals surface area (Å²) in [6.45, 7) is 1.16. The van der Waals surface area contributed by atoms with Crippen molar-refractivity contribution in [3.05, 3.63) is 34.1 Å². The first-order valence-electron chi connectivity index (χ1n) is 5.59. The zero-order chi connectivity index (χ0) is 12.4. The molecule has 0 spiro atoms. The van der Waals surface area contributed by atoms with Crippen LogP contribution in [-0.2, 0) is 0 Å². The molecule has 3 nitrogen and oxygen atoms in total. The maximum atomic E-state index is 13.2. The van der Waals surface area contributed by atoms with Gasteiger partial charge < -0.3 is 10.6 Å². The van der Waals surface area contributed by atoms with Crippen LogP contribution < -0.4 is 5.73 Å². The highest BCUT2D eigenvalue weighted by Crippen LogP contribution is 2.24. The zero-order valence-corrected chi connectivity index (χ0v) is 10.9. The first-order chi connectivity index (χ1) is 8.13. The topological polar surface area (TPSA) is 46.3 Å². The van der Waals surface area contributed by atoms with Crippen LogP contribution in [0.5, 0.6) is 0 Å². The molecule has 2 rings (SSSR count). The van der Waals surface area contributed by atoms with Crippen molar-refractivity contribution >= 4 is 21.8 Å². The van der Waals surface area contributed by atoms with Crippen LogP contribution in [0.15, 0.2) is 22.7 Å². The summed E-state index contributed by atoms with van der Waals surface area (Å²) in [7, 11) is 0. The molecular weight excluding hydrogens is 287 g/mol. The molecule has 1 atom stereocenters. The van der Waals surface area contributed by atoms with E-state index in [-0.39, 0.29) is 11.9 Å². The molecule has 1 aromatic carbocycles. The van der Waals surface area contributed by atoms with Gasteiger partial charge in [0.2, 0.25) is 0 Å². The Bertz CT molecular complexity index is 439. The van der Waals surface area contributed by atoms with Gasteiger partial charge in [-0.05, 0) is 47.0 Å². The maximum Gasteiger partial charge on any atom is 0.255 e. The number of carbonyl (C=O) groups is 1. The number of hydrogen-bond acceptors (Lipinski definition) is 2. The lowest BCUT2D eigenvalue weighted by Crippen LogP contribution is -2.40. The summed E-state index contributed by atoms with van der Waals surface area (Å²) in [5.74, 6) is -0.552. The summed E-state index contributed by atoms with van der Waals surface area (Å²) in [5, 5.41) is 0. The average molecular weight is 301 g/mol. The fraction of sp³-hybridized carbons (Fsp3) is 0.417. The summed E-state index contributed by atoms with van der Waals surface area (Å²) >= 11 is 3.27. The summed E-state index contributed by atoms with van der Waals surface area (Å²) in [6, 6.07) is 4.22. The minimum absolute atomic E-state index is 0.0812. The molecule has 92 valence electrons. The van der Waals surface area contributed by atoms with Gasteiger partial charge in [0, 0.05) is 23.6 Å². The fourth-order valence-electron chi connectivity index (χ4n) is 2.16. The van der Waals surface area contributed by atoms with E-state index >= 15 is 0 Å². The van der Waals surface area contributed by atoms with Crippen LogP contribution in [0.4, 0.5) is 4.39 Å². The van der Waals surface area contributed by atoms with Gasteiger partial charge in [-0.25, -0.2) is 4.39 Å². The van der Waals surface area contributed by atoms with E-state index in [0.29, 0.717) is 23.1 Å². The van der Waals surface area contributed by atoms with Gasteiger partial charge in [-0.3, -0.25) is 4.79 Å². The van der Waals surface area contributed by atoms with Crippen LogP contribution in [0.3, 0.4) is 0 Å². The molecule has 2 N–H and O–H groups in total. The summed E-state index contributed by atoms with van der Waals surface area (Å²) in [6.07, 6.45) is 1.88. The summed E-state index contributed by atoms with van der Waals surface area (Å²) < 4.78 is 13.8. The Balaban J connectivity index is 2.27. The number of carbonyl (C=O) groups excluding carboxylic acids is 1. The Kier molecular flexibility index (Phi) is 3.79. The molecule has 5 heteroatoms. The van der Waals surface area contributed by atoms with E-state index in [0.717, 1.165) is 12.8 Å². The third-order valence-corrected chi connectivity index (χ3v) is 3.76. The monoisotopic (exact) mass is 300 g/mol. The molecule has 1 aliphatic rings. The number of nitrogens with zero attached hydrogens (tertiary/aromatic N) is 1. The van der Waals surface area contributed by atoms with Crippen molar-refractivity contribution in [2.24, 2.45) is 5.73 Å². The molecule has 0 radical (unpaired) electrons. The SMILES string of the molecule is NC[C@H]1CCCN1C(=O)c1cc(F)ccc1Br. The van der Waals surface area contributed by atoms with E-state index < -0.39 is 5.82 Å². The lowest BCUT2D eigenvalue weighted by molar-refractivity contribution is 0.0740. The number of nitrogens with two attached hydrogens (primary N) is 1. The van der Waals surface area contributed by atoms with Crippen LogP contribution in [0.1, 0.15) is 23.2 Å². The smallest absolute Gasteiger partial charge is 0.255 e. The van der Waals surface area contributed by atoms with E-state index in [4.69, 9.17) is 5.73 Å². The fourth-order valence-corrected chi connectivity index (χ4v) is 2.58. The molecular formula is C12H14BrFN2O. The summed E-state index contributed by atoms with van der Waals surface area (Å²) in [4.78, 5) is 14.0. The lowest BCUT2D eigenvalue weighted by Gasteiger charge is -2.24. The lowest BCUT2D eigenvalue weighted by atomic mass is 10.1. The molecule has 0 saturated carbocycles. The Labute approximate surface area is 108 Å². The van der Waals surface area contributed by atoms with Gasteiger partial charge in [0.05, 0.1) is 5.56 Å². The minimum atomic E-state index is -0.403. The Morgan fingerprint density at radius 3 is 3.06 bits per heavy atom. The van der Waals surface area contributed by atoms with Crippen molar-refractivity contribution in [2.75, 3.05) is 13.1 Å². The number of hydrogen-bond donors (Lipinski definition) is 1. The van der Waals surface area contributed by atoms with Gasteiger partial charge in [-0.2, -0.15) is 0 Å². The van der Waals surface area contributed by atoms with E-state index in [1.807, 2.05) is 0 Å². The molecule has 1 amide bonds. The molecule has 1 heterocycles. The molecule has 0 bridgehead atoms. The van der Waals surface area contributed by atoms with E-state index in [1.54, 1.807) is 11.0 Å². The van der Waals surface area contributed by atoms with Crippen LogP contribution >= 0.6 is 15.9 Å². The molecule has 1 aliphatic heterocycles. The van der Waals surface area contributed by atoms with Crippen molar-refractivity contribution in [2.45, 2.75) is 18.9 Å². The second-order valence-corrected chi connectivity index (χ2v) is 5.01. The maximum absolute atomic E-state index is 13.2. The first kappa shape index (κ1) is 12.5. The predicted octanol–water partition coefficient (Wildman–Crippen LogP) is 2.15. The van der Waals surface area contributed by atoms with E-state index in [2.05, 4.69) is 15.9 Å². The largest absolute Gasteiger partial charge is 0.334 e. The van der Waals surface area contributed by atoms with E-state index in [9.17, 15) is 9.18 Å². The second kappa shape index (κ2) is 5.14. The predicted molar refractivity (Wildman–Crippen MR) is 67.2 cm³/mol. The van der Waals surface area contributed by atoms with Gasteiger partial charge in [0.1, 0.15) is 5.82 Å². The number of amides is 1. The molecule has 1 saturated heterocycles. The normalized spacial score (nSPS) is 19.7. The van der Waals surface area contributed by atoms with Crippen molar-refractivity contribution in [3.8, 4) is 0 Å². The Morgan fingerprint density at radius 2 is 2.35 bits per heavy atom. The number of benzene rings is 1. The molecule has 17 heavy (non-hydrogen) atoms. The van der Waals surface area contributed by atoms with Gasteiger partial charge in [-0.15, -0.1) is 0 Å². The average Bonchev–Trinajstić information content (AvgIpc) is 2.79. The van der Waals surface area contributed by atoms with Crippen molar-refractivity contribution < 1.29 is 9.18 Å². The number of likely N-dealkylation sites (tertiary alicyclic amines) is 1. The van der Waals surface area contributed by atoms with E-state index in [1.165, 1.54) is 12.1 Å². The quantitative estimate of drug-likeness (QED) is 0.910. The highest BCUT2D eigenvalue weighted by atomic mass is 79.9. The minimum Gasteiger partial charge on any atom is -0.334 e. The Morgan fingerprint density at radius 1 is 1.59 bits per heavy atom. The third kappa shape index (κ3) is 2.50. The number of rotatable bonds is 2. The number of halogens is 2. The van der Waals surface area contributed by atoms with Crippen LogP contribution in [0.2, 0.25) is 0 Å². The van der Waals surface area contributed by atoms with Crippen LogP contribution in [-0.4, -0.2) is 29.9 Å². The highest BCUT2D eigenvalue weighted by Gasteiger charge is 2.29. The Hall–Kier alpha value is -0.940. The standard InChI is InChI=1S/C12H14BrFN2O/c13-11-4-3-8(14)6-10(11)12(17)16-5-1-2-9(16)7-15/h3-4,6,9H,1-2,5,7,15H2/t9-/m1/s1. The van der Waals surface area contributed by atoms with Crippen molar-refractivity contribution in [1.29, 1.82) is 0 Å². The second-order valence-electron chi connectivity index (χ2n) is 4.15. The highest BCUT2D eigenvalue weighted by molar-refractivity contribution is 9.10. The van der Waals surface area contributed by atoms with Gasteiger partial charge in [0.25, 0.3) is 5.91 Å². The molecule has 1 fully saturated rings. The van der Waals surface area contributed by atoms with Gasteiger partial charge in [-0.1, -0.05) is 0 Å². The van der Waals surface area contributed by atoms with Crippen LogP contribution in [0, 0.1) is 5.82 Å². The molecule has 0 aromatic heterocycles. The van der Waals surface area contributed by atoms with Gasteiger partial charge >= 0.3 is 0 Å². The van der Waals surface area contributed by atoms with Crippen LogP contribution in [0.25, 0.3) is 0 Å². The molecule has 0 unspecified atom stereocenters. The molecule has 1 aromatic rings. The first-order valence-corrected chi connectivity index (χ1v) is 6.39. The van der Waals surface area contributed by atoms with Crippen molar-refractivity contribution in [1.82, 2.24) is 4.90 Å². The van der Waals surface area contributed by atoms with Crippen molar-refractivity contribution in [3.63, 3.8) is 0 Å². The molecule has 0 aliphatic carbocycles. The van der Waals surface area contributed by atoms with Gasteiger partial charge in [0.15, 0.2) is 0 Å².